The van der Waals surface area contributed by atoms with Gasteiger partial charge in [0.25, 0.3) is 0 Å². The minimum Gasteiger partial charge on any atom is -0.486 e. The van der Waals surface area contributed by atoms with Crippen LogP contribution in [0.4, 0.5) is 0 Å². The molecule has 0 spiro atoms. The van der Waals surface area contributed by atoms with Crippen molar-refractivity contribution in [2.75, 3.05) is 13.2 Å². The smallest absolute Gasteiger partial charge is 0.220 e. The third-order valence-electron chi connectivity index (χ3n) is 3.58. The van der Waals surface area contributed by atoms with Crippen molar-refractivity contribution in [3.8, 4) is 11.5 Å². The van der Waals surface area contributed by atoms with Crippen molar-refractivity contribution < 1.29 is 14.3 Å². The average Bonchev–Trinajstić information content (AvgIpc) is 2.59. The summed E-state index contributed by atoms with van der Waals surface area (Å²) < 4.78 is 11.4. The summed E-state index contributed by atoms with van der Waals surface area (Å²) in [7, 11) is 0. The fourth-order valence-corrected chi connectivity index (χ4v) is 2.38. The minimum absolute atomic E-state index is 0.0336. The van der Waals surface area contributed by atoms with Crippen LogP contribution in [-0.2, 0) is 11.2 Å². The maximum atomic E-state index is 11.9. The molecule has 0 saturated carbocycles. The van der Waals surface area contributed by atoms with Gasteiger partial charge >= 0.3 is 0 Å². The molecule has 1 atom stereocenters. The molecular formula is C18H19NO3. The molecule has 1 aliphatic rings. The number of hydrogen-bond acceptors (Lipinski definition) is 3. The van der Waals surface area contributed by atoms with Gasteiger partial charge in [0, 0.05) is 6.42 Å². The van der Waals surface area contributed by atoms with E-state index in [0.29, 0.717) is 19.6 Å². The van der Waals surface area contributed by atoms with Gasteiger partial charge in [-0.05, 0) is 24.1 Å². The molecular weight excluding hydrogens is 278 g/mol. The van der Waals surface area contributed by atoms with Gasteiger partial charge in [-0.1, -0.05) is 42.5 Å². The minimum atomic E-state index is -0.143. The van der Waals surface area contributed by atoms with Crippen molar-refractivity contribution in [1.29, 1.82) is 0 Å². The van der Waals surface area contributed by atoms with Gasteiger partial charge in [-0.2, -0.15) is 0 Å². The van der Waals surface area contributed by atoms with Crippen molar-refractivity contribution in [3.05, 3.63) is 60.2 Å². The third kappa shape index (κ3) is 3.79. The monoisotopic (exact) mass is 297 g/mol. The molecule has 3 rings (SSSR count). The molecule has 1 heterocycles. The summed E-state index contributed by atoms with van der Waals surface area (Å²) in [6, 6.07) is 17.6. The quantitative estimate of drug-likeness (QED) is 0.922. The Hall–Kier alpha value is -2.49. The van der Waals surface area contributed by atoms with E-state index >= 15 is 0 Å². The van der Waals surface area contributed by atoms with Crippen molar-refractivity contribution in [2.45, 2.75) is 18.9 Å². The molecule has 4 nitrogen and oxygen atoms in total. The van der Waals surface area contributed by atoms with Crippen LogP contribution in [0.1, 0.15) is 12.0 Å². The summed E-state index contributed by atoms with van der Waals surface area (Å²) in [5.74, 6) is 1.53. The van der Waals surface area contributed by atoms with Crippen LogP contribution in [0.2, 0.25) is 0 Å². The average molecular weight is 297 g/mol. The zero-order chi connectivity index (χ0) is 15.2. The Kier molecular flexibility index (Phi) is 4.59. The lowest BCUT2D eigenvalue weighted by molar-refractivity contribution is -0.121. The fourth-order valence-electron chi connectivity index (χ4n) is 2.38. The van der Waals surface area contributed by atoms with Gasteiger partial charge in [0.15, 0.2) is 11.5 Å². The third-order valence-corrected chi connectivity index (χ3v) is 3.58. The predicted molar refractivity (Wildman–Crippen MR) is 84.1 cm³/mol. The second-order valence-corrected chi connectivity index (χ2v) is 5.29. The van der Waals surface area contributed by atoms with E-state index in [1.165, 1.54) is 5.56 Å². The van der Waals surface area contributed by atoms with E-state index < -0.39 is 0 Å². The molecule has 0 radical (unpaired) electrons. The van der Waals surface area contributed by atoms with E-state index in [1.54, 1.807) is 0 Å². The summed E-state index contributed by atoms with van der Waals surface area (Å²) in [5, 5.41) is 2.91. The van der Waals surface area contributed by atoms with E-state index in [1.807, 2.05) is 54.6 Å². The Balaban J connectivity index is 1.42. The first kappa shape index (κ1) is 14.4. The lowest BCUT2D eigenvalue weighted by Crippen LogP contribution is -2.40. The van der Waals surface area contributed by atoms with Crippen LogP contribution in [0, 0.1) is 0 Å². The number of fused-ring (bicyclic) bond motifs is 1. The zero-order valence-electron chi connectivity index (χ0n) is 12.3. The highest BCUT2D eigenvalue weighted by Gasteiger charge is 2.20. The van der Waals surface area contributed by atoms with Crippen molar-refractivity contribution >= 4 is 5.91 Å². The highest BCUT2D eigenvalue weighted by Crippen LogP contribution is 2.30. The van der Waals surface area contributed by atoms with Crippen LogP contribution in [0.25, 0.3) is 0 Å². The first-order chi connectivity index (χ1) is 10.8. The maximum absolute atomic E-state index is 11.9. The highest BCUT2D eigenvalue weighted by molar-refractivity contribution is 5.76. The topological polar surface area (TPSA) is 47.6 Å². The SMILES string of the molecule is O=C(CCc1ccccc1)NC[C@@H]1COc2ccccc2O1. The van der Waals surface area contributed by atoms with Crippen LogP contribution in [-0.4, -0.2) is 25.2 Å². The van der Waals surface area contributed by atoms with Gasteiger partial charge in [-0.3, -0.25) is 4.79 Å². The van der Waals surface area contributed by atoms with E-state index in [2.05, 4.69) is 5.32 Å². The Morgan fingerprint density at radius 3 is 2.59 bits per heavy atom. The second kappa shape index (κ2) is 6.98. The molecule has 0 unspecified atom stereocenters. The standard InChI is InChI=1S/C18H19NO3/c20-18(11-10-14-6-2-1-3-7-14)19-12-15-13-21-16-8-4-5-9-17(16)22-15/h1-9,15H,10-13H2,(H,19,20)/t15-/m1/s1. The molecule has 1 amide bonds. The first-order valence-corrected chi connectivity index (χ1v) is 7.50. The molecule has 0 saturated heterocycles. The number of ether oxygens (including phenoxy) is 2. The Labute approximate surface area is 130 Å². The number of nitrogens with one attached hydrogen (secondary N) is 1. The molecule has 0 aromatic heterocycles. The van der Waals surface area contributed by atoms with Crippen LogP contribution in [0.15, 0.2) is 54.6 Å². The predicted octanol–water partition coefficient (Wildman–Crippen LogP) is 2.58. The summed E-state index contributed by atoms with van der Waals surface area (Å²) in [5.41, 5.74) is 1.17. The van der Waals surface area contributed by atoms with Gasteiger partial charge in [-0.15, -0.1) is 0 Å². The molecule has 22 heavy (non-hydrogen) atoms. The number of amides is 1. The fraction of sp³-hybridized carbons (Fsp3) is 0.278. The molecule has 114 valence electrons. The molecule has 0 fully saturated rings. The number of benzene rings is 2. The summed E-state index contributed by atoms with van der Waals surface area (Å²) in [4.78, 5) is 11.9. The number of rotatable bonds is 5. The van der Waals surface area contributed by atoms with E-state index in [-0.39, 0.29) is 12.0 Å². The highest BCUT2D eigenvalue weighted by atomic mass is 16.6. The molecule has 1 aliphatic heterocycles. The zero-order valence-corrected chi connectivity index (χ0v) is 12.3. The first-order valence-electron chi connectivity index (χ1n) is 7.50. The normalized spacial score (nSPS) is 16.1. The molecule has 2 aromatic rings. The lowest BCUT2D eigenvalue weighted by Gasteiger charge is -2.26. The largest absolute Gasteiger partial charge is 0.486 e. The van der Waals surface area contributed by atoms with Crippen LogP contribution >= 0.6 is 0 Å². The number of carbonyl (C=O) groups is 1. The summed E-state index contributed by atoms with van der Waals surface area (Å²) in [6.07, 6.45) is 1.08. The van der Waals surface area contributed by atoms with Crippen molar-refractivity contribution in [3.63, 3.8) is 0 Å². The summed E-state index contributed by atoms with van der Waals surface area (Å²) >= 11 is 0. The molecule has 0 aliphatic carbocycles. The number of aryl methyl sites for hydroxylation is 1. The van der Waals surface area contributed by atoms with Gasteiger partial charge < -0.3 is 14.8 Å². The molecule has 4 heteroatoms. The van der Waals surface area contributed by atoms with Crippen LogP contribution in [0.3, 0.4) is 0 Å². The Morgan fingerprint density at radius 1 is 1.05 bits per heavy atom. The Morgan fingerprint density at radius 2 is 1.77 bits per heavy atom. The van der Waals surface area contributed by atoms with Crippen molar-refractivity contribution in [1.82, 2.24) is 5.32 Å². The summed E-state index contributed by atoms with van der Waals surface area (Å²) in [6.45, 7) is 0.915. The molecule has 2 aromatic carbocycles. The van der Waals surface area contributed by atoms with Gasteiger partial charge in [-0.25, -0.2) is 0 Å². The van der Waals surface area contributed by atoms with Gasteiger partial charge in [0.1, 0.15) is 12.7 Å². The number of para-hydroxylation sites is 2. The lowest BCUT2D eigenvalue weighted by atomic mass is 10.1. The number of hydrogen-bond donors (Lipinski definition) is 1. The number of carbonyl (C=O) groups excluding carboxylic acids is 1. The molecule has 0 bridgehead atoms. The van der Waals surface area contributed by atoms with Crippen molar-refractivity contribution in [2.24, 2.45) is 0 Å². The van der Waals surface area contributed by atoms with Gasteiger partial charge in [0.2, 0.25) is 5.91 Å². The Bertz CT molecular complexity index is 627. The second-order valence-electron chi connectivity index (χ2n) is 5.29. The maximum Gasteiger partial charge on any atom is 0.220 e. The van der Waals surface area contributed by atoms with Crippen LogP contribution < -0.4 is 14.8 Å². The van der Waals surface area contributed by atoms with E-state index in [0.717, 1.165) is 17.9 Å². The molecule has 1 N–H and O–H groups in total. The van der Waals surface area contributed by atoms with E-state index in [4.69, 9.17) is 9.47 Å². The van der Waals surface area contributed by atoms with Crippen LogP contribution in [0.5, 0.6) is 11.5 Å². The van der Waals surface area contributed by atoms with Gasteiger partial charge in [0.05, 0.1) is 6.54 Å². The van der Waals surface area contributed by atoms with E-state index in [9.17, 15) is 4.79 Å².